The smallest absolute Gasteiger partial charge is 0.319 e. The fourth-order valence-corrected chi connectivity index (χ4v) is 3.28. The van der Waals surface area contributed by atoms with Crippen LogP contribution in [0, 0.1) is 6.92 Å². The van der Waals surface area contributed by atoms with E-state index in [4.69, 9.17) is 9.47 Å². The number of morpholine rings is 1. The molecule has 1 aliphatic heterocycles. The van der Waals surface area contributed by atoms with E-state index in [0.29, 0.717) is 19.8 Å². The lowest BCUT2D eigenvalue weighted by molar-refractivity contribution is 0.0167. The molecule has 2 N–H and O–H groups in total. The van der Waals surface area contributed by atoms with Crippen molar-refractivity contribution in [1.29, 1.82) is 0 Å². The van der Waals surface area contributed by atoms with Crippen LogP contribution in [-0.4, -0.2) is 50.9 Å². The molecule has 2 amide bonds. The van der Waals surface area contributed by atoms with Gasteiger partial charge in [-0.05, 0) is 42.3 Å². The third-order valence-corrected chi connectivity index (χ3v) is 4.70. The summed E-state index contributed by atoms with van der Waals surface area (Å²) >= 11 is 0. The van der Waals surface area contributed by atoms with Gasteiger partial charge in [0.25, 0.3) is 0 Å². The molecular weight excluding hydrogens is 342 g/mol. The highest BCUT2D eigenvalue weighted by molar-refractivity contribution is 5.89. The van der Waals surface area contributed by atoms with Crippen LogP contribution in [0.5, 0.6) is 5.75 Å². The Labute approximate surface area is 160 Å². The molecule has 1 aliphatic rings. The number of methoxy groups -OCH3 is 1. The van der Waals surface area contributed by atoms with Gasteiger partial charge in [-0.25, -0.2) is 4.79 Å². The summed E-state index contributed by atoms with van der Waals surface area (Å²) < 4.78 is 10.8. The molecule has 6 nitrogen and oxygen atoms in total. The summed E-state index contributed by atoms with van der Waals surface area (Å²) in [5, 5.41) is 5.91. The van der Waals surface area contributed by atoms with Gasteiger partial charge in [-0.3, -0.25) is 4.90 Å². The van der Waals surface area contributed by atoms with Crippen LogP contribution < -0.4 is 15.4 Å². The molecule has 0 aromatic heterocycles. The first-order valence-electron chi connectivity index (χ1n) is 9.23. The van der Waals surface area contributed by atoms with Crippen molar-refractivity contribution in [2.75, 3.05) is 45.3 Å². The van der Waals surface area contributed by atoms with Crippen LogP contribution in [0.4, 0.5) is 10.5 Å². The van der Waals surface area contributed by atoms with Crippen molar-refractivity contribution in [2.24, 2.45) is 0 Å². The highest BCUT2D eigenvalue weighted by atomic mass is 16.5. The number of ether oxygens (including phenoxy) is 2. The van der Waals surface area contributed by atoms with E-state index in [0.717, 1.165) is 35.7 Å². The first kappa shape index (κ1) is 19.2. The van der Waals surface area contributed by atoms with Crippen molar-refractivity contribution in [3.05, 3.63) is 59.7 Å². The normalized spacial score (nSPS) is 15.8. The van der Waals surface area contributed by atoms with Gasteiger partial charge in [0.15, 0.2) is 0 Å². The molecule has 0 bridgehead atoms. The van der Waals surface area contributed by atoms with E-state index in [1.54, 1.807) is 7.11 Å². The van der Waals surface area contributed by atoms with E-state index in [2.05, 4.69) is 21.6 Å². The molecule has 1 heterocycles. The maximum absolute atomic E-state index is 12.4. The SMILES string of the molecule is COc1cccc([C@@H](CNC(=O)Nc2cccc(C)c2)N2CCOCC2)c1. The van der Waals surface area contributed by atoms with Crippen molar-refractivity contribution < 1.29 is 14.3 Å². The van der Waals surface area contributed by atoms with Crippen LogP contribution in [-0.2, 0) is 4.74 Å². The van der Waals surface area contributed by atoms with E-state index in [9.17, 15) is 4.79 Å². The maximum Gasteiger partial charge on any atom is 0.319 e. The maximum atomic E-state index is 12.4. The Hall–Kier alpha value is -2.57. The van der Waals surface area contributed by atoms with Gasteiger partial charge in [-0.2, -0.15) is 0 Å². The highest BCUT2D eigenvalue weighted by Gasteiger charge is 2.23. The molecule has 2 aromatic rings. The number of nitrogens with zero attached hydrogens (tertiary/aromatic N) is 1. The Kier molecular flexibility index (Phi) is 6.68. The van der Waals surface area contributed by atoms with Crippen molar-refractivity contribution >= 4 is 11.7 Å². The lowest BCUT2D eigenvalue weighted by atomic mass is 10.0. The molecule has 0 aliphatic carbocycles. The average molecular weight is 369 g/mol. The number of anilines is 1. The second-order valence-electron chi connectivity index (χ2n) is 6.65. The summed E-state index contributed by atoms with van der Waals surface area (Å²) in [5.74, 6) is 0.815. The second-order valence-corrected chi connectivity index (χ2v) is 6.65. The zero-order valence-electron chi connectivity index (χ0n) is 15.9. The lowest BCUT2D eigenvalue weighted by Crippen LogP contribution is -2.44. The van der Waals surface area contributed by atoms with Gasteiger partial charge in [0, 0.05) is 25.3 Å². The zero-order chi connectivity index (χ0) is 19.1. The molecule has 1 fully saturated rings. The molecule has 2 aromatic carbocycles. The molecule has 144 valence electrons. The molecule has 27 heavy (non-hydrogen) atoms. The summed E-state index contributed by atoms with van der Waals surface area (Å²) in [6.07, 6.45) is 0. The largest absolute Gasteiger partial charge is 0.497 e. The number of urea groups is 1. The number of hydrogen-bond donors (Lipinski definition) is 2. The fraction of sp³-hybridized carbons (Fsp3) is 0.381. The number of carbonyl (C=O) groups is 1. The number of amides is 2. The van der Waals surface area contributed by atoms with Gasteiger partial charge in [0.05, 0.1) is 26.4 Å². The molecule has 0 spiro atoms. The summed E-state index contributed by atoms with van der Waals surface area (Å²) in [6.45, 7) is 5.59. The summed E-state index contributed by atoms with van der Waals surface area (Å²) in [4.78, 5) is 14.7. The minimum absolute atomic E-state index is 0.0623. The van der Waals surface area contributed by atoms with Gasteiger partial charge >= 0.3 is 6.03 Å². The van der Waals surface area contributed by atoms with Gasteiger partial charge < -0.3 is 20.1 Å². The number of benzene rings is 2. The minimum Gasteiger partial charge on any atom is -0.497 e. The van der Waals surface area contributed by atoms with Crippen LogP contribution in [0.2, 0.25) is 0 Å². The fourth-order valence-electron chi connectivity index (χ4n) is 3.28. The van der Waals surface area contributed by atoms with Crippen LogP contribution in [0.1, 0.15) is 17.2 Å². The van der Waals surface area contributed by atoms with E-state index < -0.39 is 0 Å². The monoisotopic (exact) mass is 369 g/mol. The summed E-state index contributed by atoms with van der Waals surface area (Å²) in [7, 11) is 1.66. The molecule has 3 rings (SSSR count). The van der Waals surface area contributed by atoms with Crippen LogP contribution in [0.25, 0.3) is 0 Å². The van der Waals surface area contributed by atoms with E-state index in [-0.39, 0.29) is 12.1 Å². The number of hydrogen-bond acceptors (Lipinski definition) is 4. The summed E-state index contributed by atoms with van der Waals surface area (Å²) in [6, 6.07) is 15.6. The van der Waals surface area contributed by atoms with E-state index in [1.165, 1.54) is 0 Å². The van der Waals surface area contributed by atoms with Gasteiger partial charge in [-0.15, -0.1) is 0 Å². The Morgan fingerprint density at radius 3 is 2.70 bits per heavy atom. The lowest BCUT2D eigenvalue weighted by Gasteiger charge is -2.35. The second kappa shape index (κ2) is 9.39. The molecule has 1 atom stereocenters. The van der Waals surface area contributed by atoms with Crippen LogP contribution in [0.15, 0.2) is 48.5 Å². The number of rotatable bonds is 6. The standard InChI is InChI=1S/C21H27N3O3/c1-16-5-3-7-18(13-16)23-21(25)22-15-20(24-9-11-27-12-10-24)17-6-4-8-19(14-17)26-2/h3-8,13-14,20H,9-12,15H2,1-2H3,(H2,22,23,25)/t20-/m1/s1. The Bertz CT molecular complexity index is 760. The molecule has 0 saturated carbocycles. The zero-order valence-corrected chi connectivity index (χ0v) is 15.9. The highest BCUT2D eigenvalue weighted by Crippen LogP contribution is 2.24. The van der Waals surface area contributed by atoms with Crippen molar-refractivity contribution in [3.63, 3.8) is 0 Å². The molecule has 0 radical (unpaired) electrons. The van der Waals surface area contributed by atoms with Crippen molar-refractivity contribution in [1.82, 2.24) is 10.2 Å². The first-order chi connectivity index (χ1) is 13.2. The predicted molar refractivity (Wildman–Crippen MR) is 106 cm³/mol. The first-order valence-corrected chi connectivity index (χ1v) is 9.23. The third kappa shape index (κ3) is 5.45. The average Bonchev–Trinajstić information content (AvgIpc) is 2.69. The number of aryl methyl sites for hydroxylation is 1. The van der Waals surface area contributed by atoms with Crippen LogP contribution in [0.3, 0.4) is 0 Å². The van der Waals surface area contributed by atoms with Gasteiger partial charge in [0.1, 0.15) is 5.75 Å². The van der Waals surface area contributed by atoms with Crippen molar-refractivity contribution in [2.45, 2.75) is 13.0 Å². The summed E-state index contributed by atoms with van der Waals surface area (Å²) in [5.41, 5.74) is 3.01. The van der Waals surface area contributed by atoms with Crippen LogP contribution >= 0.6 is 0 Å². The van der Waals surface area contributed by atoms with Gasteiger partial charge in [0.2, 0.25) is 0 Å². The molecule has 1 saturated heterocycles. The van der Waals surface area contributed by atoms with Gasteiger partial charge in [-0.1, -0.05) is 24.3 Å². The Balaban J connectivity index is 1.68. The topological polar surface area (TPSA) is 62.8 Å². The number of nitrogens with one attached hydrogen (secondary N) is 2. The Morgan fingerprint density at radius 2 is 1.96 bits per heavy atom. The van der Waals surface area contributed by atoms with E-state index >= 15 is 0 Å². The van der Waals surface area contributed by atoms with Crippen molar-refractivity contribution in [3.8, 4) is 5.75 Å². The number of carbonyl (C=O) groups excluding carboxylic acids is 1. The third-order valence-electron chi connectivity index (χ3n) is 4.70. The van der Waals surface area contributed by atoms with E-state index in [1.807, 2.05) is 49.4 Å². The molecule has 0 unspecified atom stereocenters. The predicted octanol–water partition coefficient (Wildman–Crippen LogP) is 3.20. The minimum atomic E-state index is -0.207. The Morgan fingerprint density at radius 1 is 1.19 bits per heavy atom. The molecular formula is C21H27N3O3. The quantitative estimate of drug-likeness (QED) is 0.821. The molecule has 6 heteroatoms.